The fraction of sp³-hybridized carbons (Fsp3) is 0.308. The highest BCUT2D eigenvalue weighted by Gasteiger charge is 2.37. The molecule has 5 nitrogen and oxygen atoms in total. The molecule has 2 rings (SSSR count). The highest BCUT2D eigenvalue weighted by atomic mass is 32.2. The van der Waals surface area contributed by atoms with E-state index < -0.39 is 12.0 Å². The van der Waals surface area contributed by atoms with Gasteiger partial charge in [0.1, 0.15) is 5.82 Å². The number of aromatic nitrogens is 3. The first kappa shape index (κ1) is 17.3. The molecule has 1 amide bonds. The minimum atomic E-state index is -4.59. The van der Waals surface area contributed by atoms with Crippen LogP contribution in [0.4, 0.5) is 17.6 Å². The lowest BCUT2D eigenvalue weighted by Gasteiger charge is -2.07. The number of hydrogen-bond donors (Lipinski definition) is 1. The molecular formula is C13H12F4N4OS. The number of nitrogens with one attached hydrogen (secondary N) is 1. The number of alkyl halides is 3. The molecule has 2 aromatic rings. The fourth-order valence-corrected chi connectivity index (χ4v) is 2.41. The van der Waals surface area contributed by atoms with Crippen molar-refractivity contribution in [1.29, 1.82) is 0 Å². The second kappa shape index (κ2) is 6.99. The lowest BCUT2D eigenvalue weighted by atomic mass is 10.2. The van der Waals surface area contributed by atoms with Gasteiger partial charge in [0, 0.05) is 13.6 Å². The Labute approximate surface area is 133 Å². The zero-order valence-electron chi connectivity index (χ0n) is 11.9. The van der Waals surface area contributed by atoms with Crippen molar-refractivity contribution in [3.05, 3.63) is 41.5 Å². The van der Waals surface area contributed by atoms with Gasteiger partial charge in [0.15, 0.2) is 5.16 Å². The van der Waals surface area contributed by atoms with Crippen molar-refractivity contribution in [2.75, 3.05) is 5.75 Å². The zero-order chi connectivity index (χ0) is 17.0. The Bertz CT molecular complexity index is 684. The van der Waals surface area contributed by atoms with Crippen molar-refractivity contribution in [3.8, 4) is 0 Å². The van der Waals surface area contributed by atoms with E-state index in [1.807, 2.05) is 0 Å². The van der Waals surface area contributed by atoms with Gasteiger partial charge in [-0.05, 0) is 17.7 Å². The number of amides is 1. The van der Waals surface area contributed by atoms with Gasteiger partial charge in [0.05, 0.1) is 5.75 Å². The van der Waals surface area contributed by atoms with E-state index >= 15 is 0 Å². The van der Waals surface area contributed by atoms with E-state index in [0.717, 1.165) is 16.3 Å². The van der Waals surface area contributed by atoms with Gasteiger partial charge in [0.25, 0.3) is 0 Å². The van der Waals surface area contributed by atoms with Crippen molar-refractivity contribution in [1.82, 2.24) is 20.1 Å². The Morgan fingerprint density at radius 3 is 2.48 bits per heavy atom. The van der Waals surface area contributed by atoms with E-state index in [-0.39, 0.29) is 29.2 Å². The van der Waals surface area contributed by atoms with E-state index in [1.165, 1.54) is 31.3 Å². The summed E-state index contributed by atoms with van der Waals surface area (Å²) in [5.41, 5.74) is 0.711. The molecule has 0 saturated carbocycles. The number of rotatable bonds is 5. The summed E-state index contributed by atoms with van der Waals surface area (Å²) in [6.07, 6.45) is -4.59. The van der Waals surface area contributed by atoms with Crippen molar-refractivity contribution >= 4 is 17.7 Å². The summed E-state index contributed by atoms with van der Waals surface area (Å²) in [5, 5.41) is 9.06. The van der Waals surface area contributed by atoms with Crippen LogP contribution in [0.25, 0.3) is 0 Å². The smallest absolute Gasteiger partial charge is 0.351 e. The first-order valence-corrected chi connectivity index (χ1v) is 7.36. The molecule has 23 heavy (non-hydrogen) atoms. The highest BCUT2D eigenvalue weighted by Crippen LogP contribution is 2.29. The van der Waals surface area contributed by atoms with Gasteiger partial charge in [-0.1, -0.05) is 23.9 Å². The Balaban J connectivity index is 1.85. The molecule has 10 heteroatoms. The van der Waals surface area contributed by atoms with Gasteiger partial charge in [-0.25, -0.2) is 4.39 Å². The molecule has 0 aliphatic heterocycles. The molecule has 0 aliphatic rings. The first-order chi connectivity index (χ1) is 10.8. The van der Waals surface area contributed by atoms with E-state index in [0.29, 0.717) is 5.56 Å². The number of carbonyl (C=O) groups is 1. The fourth-order valence-electron chi connectivity index (χ4n) is 1.67. The number of thioether (sulfide) groups is 1. The van der Waals surface area contributed by atoms with Gasteiger partial charge in [-0.2, -0.15) is 13.2 Å². The van der Waals surface area contributed by atoms with Crippen LogP contribution in [0.1, 0.15) is 11.4 Å². The van der Waals surface area contributed by atoms with E-state index in [2.05, 4.69) is 15.5 Å². The SMILES string of the molecule is Cn1c(SCC(=O)NCc2ccc(F)cc2)nnc1C(F)(F)F. The van der Waals surface area contributed by atoms with Gasteiger partial charge < -0.3 is 9.88 Å². The predicted molar refractivity (Wildman–Crippen MR) is 75.0 cm³/mol. The Morgan fingerprint density at radius 1 is 1.26 bits per heavy atom. The van der Waals surface area contributed by atoms with Gasteiger partial charge in [-0.15, -0.1) is 10.2 Å². The molecule has 0 radical (unpaired) electrons. The van der Waals surface area contributed by atoms with Crippen LogP contribution >= 0.6 is 11.8 Å². The van der Waals surface area contributed by atoms with Gasteiger partial charge in [-0.3, -0.25) is 4.79 Å². The summed E-state index contributed by atoms with van der Waals surface area (Å²) >= 11 is 0.847. The van der Waals surface area contributed by atoms with Crippen LogP contribution in [-0.4, -0.2) is 26.4 Å². The molecule has 0 fully saturated rings. The number of halogens is 4. The standard InChI is InChI=1S/C13H12F4N4OS/c1-21-11(13(15,16)17)19-20-12(21)23-7-10(22)18-6-8-2-4-9(14)5-3-8/h2-5H,6-7H2,1H3,(H,18,22). The van der Waals surface area contributed by atoms with Crippen LogP contribution in [0.15, 0.2) is 29.4 Å². The normalized spacial score (nSPS) is 11.5. The molecule has 0 spiro atoms. The minimum absolute atomic E-state index is 0.00532. The van der Waals surface area contributed by atoms with Crippen molar-refractivity contribution in [2.45, 2.75) is 17.9 Å². The Hall–Kier alpha value is -2.10. The van der Waals surface area contributed by atoms with Crippen molar-refractivity contribution in [3.63, 3.8) is 0 Å². The van der Waals surface area contributed by atoms with Crippen LogP contribution in [0.2, 0.25) is 0 Å². The molecule has 0 saturated heterocycles. The molecule has 0 unspecified atom stereocenters. The second-order valence-electron chi connectivity index (χ2n) is 4.55. The van der Waals surface area contributed by atoms with Crippen LogP contribution in [0.3, 0.4) is 0 Å². The largest absolute Gasteiger partial charge is 0.451 e. The molecule has 1 aromatic heterocycles. The maximum atomic E-state index is 12.7. The molecule has 124 valence electrons. The minimum Gasteiger partial charge on any atom is -0.351 e. The summed E-state index contributed by atoms with van der Waals surface area (Å²) in [6, 6.07) is 5.60. The summed E-state index contributed by atoms with van der Waals surface area (Å²) in [4.78, 5) is 11.7. The van der Waals surface area contributed by atoms with Crippen LogP contribution < -0.4 is 5.32 Å². The number of benzene rings is 1. The Kier molecular flexibility index (Phi) is 5.24. The molecule has 0 atom stereocenters. The van der Waals surface area contributed by atoms with Crippen LogP contribution in [0.5, 0.6) is 0 Å². The molecule has 0 aliphatic carbocycles. The van der Waals surface area contributed by atoms with Gasteiger partial charge >= 0.3 is 6.18 Å². The third-order valence-electron chi connectivity index (χ3n) is 2.82. The number of carbonyl (C=O) groups excluding carboxylic acids is 1. The summed E-state index contributed by atoms with van der Waals surface area (Å²) in [5.74, 6) is -1.98. The van der Waals surface area contributed by atoms with Crippen LogP contribution in [0, 0.1) is 5.82 Å². The van der Waals surface area contributed by atoms with E-state index in [9.17, 15) is 22.4 Å². The maximum absolute atomic E-state index is 12.7. The summed E-state index contributed by atoms with van der Waals surface area (Å²) in [7, 11) is 1.18. The second-order valence-corrected chi connectivity index (χ2v) is 5.50. The summed E-state index contributed by atoms with van der Waals surface area (Å²) < 4.78 is 51.2. The van der Waals surface area contributed by atoms with E-state index in [1.54, 1.807) is 0 Å². The number of nitrogens with zero attached hydrogens (tertiary/aromatic N) is 3. The highest BCUT2D eigenvalue weighted by molar-refractivity contribution is 7.99. The maximum Gasteiger partial charge on any atom is 0.451 e. The lowest BCUT2D eigenvalue weighted by molar-refractivity contribution is -0.147. The monoisotopic (exact) mass is 348 g/mol. The zero-order valence-corrected chi connectivity index (χ0v) is 12.7. The van der Waals surface area contributed by atoms with Gasteiger partial charge in [0.2, 0.25) is 11.7 Å². The molecule has 1 heterocycles. The third-order valence-corrected chi connectivity index (χ3v) is 3.84. The first-order valence-electron chi connectivity index (χ1n) is 6.38. The lowest BCUT2D eigenvalue weighted by Crippen LogP contribution is -2.24. The predicted octanol–water partition coefficient (Wildman–Crippen LogP) is 2.38. The summed E-state index contributed by atoms with van der Waals surface area (Å²) in [6.45, 7) is 0.201. The average Bonchev–Trinajstić information content (AvgIpc) is 2.85. The quantitative estimate of drug-likeness (QED) is 0.666. The molecule has 1 N–H and O–H groups in total. The molecular weight excluding hydrogens is 336 g/mol. The van der Waals surface area contributed by atoms with E-state index in [4.69, 9.17) is 0 Å². The topological polar surface area (TPSA) is 59.8 Å². The third kappa shape index (κ3) is 4.68. The average molecular weight is 348 g/mol. The van der Waals surface area contributed by atoms with Crippen molar-refractivity contribution < 1.29 is 22.4 Å². The van der Waals surface area contributed by atoms with Crippen molar-refractivity contribution in [2.24, 2.45) is 7.05 Å². The Morgan fingerprint density at radius 2 is 1.91 bits per heavy atom. The molecule has 0 bridgehead atoms. The van der Waals surface area contributed by atoms with Crippen LogP contribution in [-0.2, 0) is 24.6 Å². The molecule has 1 aromatic carbocycles. The number of hydrogen-bond acceptors (Lipinski definition) is 4.